The molecule has 1 heterocycles. The number of carbonyl (C=O) groups is 3. The molecular weight excluding hydrogens is 478 g/mol. The molecule has 0 saturated heterocycles. The molecule has 2 aliphatic carbocycles. The molecule has 5 rings (SSSR count). The number of aliphatic carboxylic acids is 1. The second-order valence-corrected chi connectivity index (χ2v) is 12.3. The monoisotopic (exact) mass is 512 g/mol. The van der Waals surface area contributed by atoms with Gasteiger partial charge in [0.25, 0.3) is 0 Å². The topological polar surface area (TPSA) is 86.7 Å². The number of rotatable bonds is 6. The minimum atomic E-state index is -1.23. The van der Waals surface area contributed by atoms with Gasteiger partial charge in [0.05, 0.1) is 12.5 Å². The molecule has 0 spiro atoms. The summed E-state index contributed by atoms with van der Waals surface area (Å²) in [5.74, 6) is -1.11. The quantitative estimate of drug-likeness (QED) is 0.558. The van der Waals surface area contributed by atoms with Crippen molar-refractivity contribution in [3.05, 3.63) is 88.3 Å². The van der Waals surface area contributed by atoms with Crippen molar-refractivity contribution in [1.82, 2.24) is 4.90 Å². The van der Waals surface area contributed by atoms with E-state index in [1.807, 2.05) is 82.3 Å². The first-order valence-corrected chi connectivity index (χ1v) is 13.2. The van der Waals surface area contributed by atoms with Gasteiger partial charge in [-0.05, 0) is 46.9 Å². The Balaban J connectivity index is 1.59. The minimum absolute atomic E-state index is 0.0295. The van der Waals surface area contributed by atoms with Crippen LogP contribution in [0.4, 0.5) is 0 Å². The number of carboxylic acids is 1. The van der Waals surface area contributed by atoms with E-state index >= 15 is 0 Å². The molecule has 38 heavy (non-hydrogen) atoms. The lowest BCUT2D eigenvalue weighted by atomic mass is 9.63. The standard InChI is InChI=1S/C32H35NO5/c1-31(2)14-23-29(25(34)16-31)28(21-10-12-22(13-11-21)38-19-20-8-6-5-7-9-20)30-24(33(23)18-27(36)37)15-32(3,4)17-26(30)35/h5-13,28H,14-19H2,1-4H3,(H,36,37)/p-1. The van der Waals surface area contributed by atoms with E-state index < -0.39 is 11.9 Å². The number of ketones is 2. The normalized spacial score (nSPS) is 20.8. The first-order valence-electron chi connectivity index (χ1n) is 13.2. The van der Waals surface area contributed by atoms with Gasteiger partial charge in [0.1, 0.15) is 12.4 Å². The van der Waals surface area contributed by atoms with Gasteiger partial charge in [-0.1, -0.05) is 70.2 Å². The van der Waals surface area contributed by atoms with E-state index in [2.05, 4.69) is 0 Å². The number of ether oxygens (including phenoxy) is 1. The number of nitrogens with zero attached hydrogens (tertiary/aromatic N) is 1. The third kappa shape index (κ3) is 5.04. The Bertz CT molecular complexity index is 1290. The van der Waals surface area contributed by atoms with E-state index in [-0.39, 0.29) is 28.9 Å². The lowest BCUT2D eigenvalue weighted by Gasteiger charge is -2.49. The molecule has 1 aliphatic heterocycles. The summed E-state index contributed by atoms with van der Waals surface area (Å²) in [6, 6.07) is 17.5. The largest absolute Gasteiger partial charge is 0.548 e. The van der Waals surface area contributed by atoms with Crippen LogP contribution < -0.4 is 9.84 Å². The van der Waals surface area contributed by atoms with Gasteiger partial charge in [0, 0.05) is 41.3 Å². The Kier molecular flexibility index (Phi) is 6.54. The SMILES string of the molecule is CC1(C)CC(=O)C2=C(C1)N(CC(=O)[O-])C1=C(C(=O)CC(C)(C)C1)C2c1ccc(OCc2ccccc2)cc1. The van der Waals surface area contributed by atoms with Crippen molar-refractivity contribution in [3.63, 3.8) is 0 Å². The summed E-state index contributed by atoms with van der Waals surface area (Å²) in [7, 11) is 0. The Morgan fingerprint density at radius 1 is 0.842 bits per heavy atom. The summed E-state index contributed by atoms with van der Waals surface area (Å²) in [5, 5.41) is 11.9. The van der Waals surface area contributed by atoms with Crippen molar-refractivity contribution in [2.75, 3.05) is 6.54 Å². The van der Waals surface area contributed by atoms with Crippen LogP contribution in [0.2, 0.25) is 0 Å². The summed E-state index contributed by atoms with van der Waals surface area (Å²) in [4.78, 5) is 41.0. The molecule has 6 heteroatoms. The number of allylic oxidation sites excluding steroid dienone is 4. The average molecular weight is 513 g/mol. The molecule has 0 fully saturated rings. The van der Waals surface area contributed by atoms with Crippen LogP contribution in [0.25, 0.3) is 0 Å². The molecule has 0 radical (unpaired) electrons. The molecule has 0 amide bonds. The van der Waals surface area contributed by atoms with Crippen molar-refractivity contribution < 1.29 is 24.2 Å². The Morgan fingerprint density at radius 3 is 1.87 bits per heavy atom. The highest BCUT2D eigenvalue weighted by Gasteiger charge is 2.48. The Labute approximate surface area is 224 Å². The van der Waals surface area contributed by atoms with Crippen LogP contribution >= 0.6 is 0 Å². The van der Waals surface area contributed by atoms with Gasteiger partial charge in [-0.3, -0.25) is 9.59 Å². The average Bonchev–Trinajstić information content (AvgIpc) is 2.83. The third-order valence-corrected chi connectivity index (χ3v) is 7.77. The van der Waals surface area contributed by atoms with Crippen LogP contribution in [0.1, 0.15) is 70.4 Å². The smallest absolute Gasteiger partial charge is 0.162 e. The molecule has 0 aromatic heterocycles. The van der Waals surface area contributed by atoms with E-state index in [1.54, 1.807) is 4.90 Å². The zero-order valence-electron chi connectivity index (χ0n) is 22.5. The zero-order chi connectivity index (χ0) is 27.2. The van der Waals surface area contributed by atoms with Gasteiger partial charge in [-0.25, -0.2) is 0 Å². The highest BCUT2D eigenvalue weighted by molar-refractivity contribution is 6.07. The van der Waals surface area contributed by atoms with Crippen molar-refractivity contribution in [3.8, 4) is 5.75 Å². The van der Waals surface area contributed by atoms with Gasteiger partial charge in [0.15, 0.2) is 11.6 Å². The second kappa shape index (κ2) is 9.57. The number of benzene rings is 2. The van der Waals surface area contributed by atoms with Crippen LogP contribution in [0, 0.1) is 10.8 Å². The molecule has 2 aromatic carbocycles. The summed E-state index contributed by atoms with van der Waals surface area (Å²) < 4.78 is 5.97. The van der Waals surface area contributed by atoms with Gasteiger partial charge < -0.3 is 19.5 Å². The molecular formula is C32H34NO5-. The second-order valence-electron chi connectivity index (χ2n) is 12.3. The number of Topliss-reactive ketones (excluding diaryl/α,β-unsaturated/α-hetero) is 2. The van der Waals surface area contributed by atoms with E-state index in [0.29, 0.717) is 60.6 Å². The van der Waals surface area contributed by atoms with Gasteiger partial charge >= 0.3 is 0 Å². The maximum Gasteiger partial charge on any atom is 0.162 e. The molecule has 0 bridgehead atoms. The van der Waals surface area contributed by atoms with E-state index in [0.717, 1.165) is 11.1 Å². The summed E-state index contributed by atoms with van der Waals surface area (Å²) in [6.07, 6.45) is 1.81. The predicted octanol–water partition coefficient (Wildman–Crippen LogP) is 4.70. The lowest BCUT2D eigenvalue weighted by molar-refractivity contribution is -0.305. The molecule has 0 atom stereocenters. The zero-order valence-corrected chi connectivity index (χ0v) is 22.5. The highest BCUT2D eigenvalue weighted by atomic mass is 16.5. The van der Waals surface area contributed by atoms with E-state index in [4.69, 9.17) is 4.74 Å². The van der Waals surface area contributed by atoms with E-state index in [1.165, 1.54) is 0 Å². The van der Waals surface area contributed by atoms with Crippen LogP contribution in [-0.4, -0.2) is 29.0 Å². The molecule has 6 nitrogen and oxygen atoms in total. The third-order valence-electron chi connectivity index (χ3n) is 7.77. The number of hydrogen-bond acceptors (Lipinski definition) is 6. The number of carbonyl (C=O) groups excluding carboxylic acids is 3. The number of hydrogen-bond donors (Lipinski definition) is 0. The molecule has 2 aromatic rings. The van der Waals surface area contributed by atoms with Crippen LogP contribution in [0.15, 0.2) is 77.1 Å². The molecule has 0 unspecified atom stereocenters. The first kappa shape index (κ1) is 26.0. The van der Waals surface area contributed by atoms with Gasteiger partial charge in [-0.2, -0.15) is 0 Å². The summed E-state index contributed by atoms with van der Waals surface area (Å²) >= 11 is 0. The fraction of sp³-hybridized carbons (Fsp3) is 0.406. The predicted molar refractivity (Wildman–Crippen MR) is 142 cm³/mol. The summed E-state index contributed by atoms with van der Waals surface area (Å²) in [5.41, 5.74) is 3.81. The molecule has 0 saturated carbocycles. The lowest BCUT2D eigenvalue weighted by Crippen LogP contribution is -2.47. The first-order chi connectivity index (χ1) is 17.9. The molecule has 198 valence electrons. The fourth-order valence-electron chi connectivity index (χ4n) is 6.20. The van der Waals surface area contributed by atoms with Crippen molar-refractivity contribution >= 4 is 17.5 Å². The van der Waals surface area contributed by atoms with Crippen molar-refractivity contribution in [2.24, 2.45) is 10.8 Å². The summed E-state index contributed by atoms with van der Waals surface area (Å²) in [6.45, 7) is 8.18. The van der Waals surface area contributed by atoms with E-state index in [9.17, 15) is 19.5 Å². The van der Waals surface area contributed by atoms with Crippen molar-refractivity contribution in [1.29, 1.82) is 0 Å². The Hall–Kier alpha value is -3.67. The Morgan fingerprint density at radius 2 is 1.37 bits per heavy atom. The van der Waals surface area contributed by atoms with Gasteiger partial charge in [0.2, 0.25) is 0 Å². The van der Waals surface area contributed by atoms with Crippen LogP contribution in [-0.2, 0) is 21.0 Å². The minimum Gasteiger partial charge on any atom is -0.548 e. The van der Waals surface area contributed by atoms with Gasteiger partial charge in [-0.15, -0.1) is 0 Å². The fourth-order valence-corrected chi connectivity index (χ4v) is 6.20. The van der Waals surface area contributed by atoms with Crippen LogP contribution in [0.5, 0.6) is 5.75 Å². The highest BCUT2D eigenvalue weighted by Crippen LogP contribution is 2.54. The molecule has 0 N–H and O–H groups in total. The maximum absolute atomic E-state index is 13.7. The molecule has 3 aliphatic rings. The maximum atomic E-state index is 13.7. The van der Waals surface area contributed by atoms with Crippen LogP contribution in [0.3, 0.4) is 0 Å². The van der Waals surface area contributed by atoms with Crippen molar-refractivity contribution in [2.45, 2.75) is 65.9 Å². The number of carboxylic acid groups (broad SMARTS) is 1.